The van der Waals surface area contributed by atoms with E-state index in [-0.39, 0.29) is 30.8 Å². The summed E-state index contributed by atoms with van der Waals surface area (Å²) in [5.41, 5.74) is 5.73. The predicted octanol–water partition coefficient (Wildman–Crippen LogP) is 1.40. The van der Waals surface area contributed by atoms with Crippen molar-refractivity contribution in [2.45, 2.75) is 18.9 Å². The first-order chi connectivity index (χ1) is 13.4. The summed E-state index contributed by atoms with van der Waals surface area (Å²) in [5, 5.41) is 2.10. The average Bonchev–Trinajstić information content (AvgIpc) is 2.71. The molecule has 1 aliphatic heterocycles. The van der Waals surface area contributed by atoms with Gasteiger partial charge in [0.1, 0.15) is 0 Å². The van der Waals surface area contributed by atoms with Crippen molar-refractivity contribution in [3.05, 3.63) is 48.0 Å². The zero-order valence-electron chi connectivity index (χ0n) is 16.0. The van der Waals surface area contributed by atoms with Gasteiger partial charge in [-0.2, -0.15) is 0 Å². The van der Waals surface area contributed by atoms with E-state index in [0.29, 0.717) is 31.8 Å². The second kappa shape index (κ2) is 8.84. The standard InChI is InChI=1S/C21H25N3O4/c1-23(21(27)17-7-6-15-4-2-3-5-16(15)12-17)13-18-14-24(10-11-28-18)20(26)9-8-19(22)25/h2-7,12,18H,8-11,13-14H2,1H3,(H2,22,25). The highest BCUT2D eigenvalue weighted by Gasteiger charge is 2.26. The number of likely N-dealkylation sites (N-methyl/N-ethyl adjacent to an activating group) is 1. The normalized spacial score (nSPS) is 16.8. The van der Waals surface area contributed by atoms with Gasteiger partial charge in [0.15, 0.2) is 0 Å². The maximum atomic E-state index is 12.8. The summed E-state index contributed by atoms with van der Waals surface area (Å²) in [6.45, 7) is 1.67. The van der Waals surface area contributed by atoms with Gasteiger partial charge in [0.25, 0.3) is 5.91 Å². The molecule has 28 heavy (non-hydrogen) atoms. The minimum Gasteiger partial charge on any atom is -0.373 e. The molecule has 0 aliphatic carbocycles. The predicted molar refractivity (Wildman–Crippen MR) is 106 cm³/mol. The molecule has 1 aliphatic rings. The Morgan fingerprint density at radius 2 is 1.89 bits per heavy atom. The summed E-state index contributed by atoms with van der Waals surface area (Å²) in [7, 11) is 1.73. The van der Waals surface area contributed by atoms with Crippen LogP contribution in [0.4, 0.5) is 0 Å². The number of hydrogen-bond acceptors (Lipinski definition) is 4. The van der Waals surface area contributed by atoms with E-state index in [1.165, 1.54) is 0 Å². The number of hydrogen-bond donors (Lipinski definition) is 1. The highest BCUT2D eigenvalue weighted by molar-refractivity contribution is 5.98. The highest BCUT2D eigenvalue weighted by atomic mass is 16.5. The third-order valence-electron chi connectivity index (χ3n) is 4.90. The fourth-order valence-corrected chi connectivity index (χ4v) is 3.38. The second-order valence-corrected chi connectivity index (χ2v) is 7.05. The molecule has 1 atom stereocenters. The molecule has 1 fully saturated rings. The molecule has 2 aromatic carbocycles. The van der Waals surface area contributed by atoms with E-state index in [1.807, 2.05) is 42.5 Å². The van der Waals surface area contributed by atoms with Crippen molar-refractivity contribution in [2.24, 2.45) is 5.73 Å². The van der Waals surface area contributed by atoms with E-state index >= 15 is 0 Å². The first-order valence-corrected chi connectivity index (χ1v) is 9.36. The van der Waals surface area contributed by atoms with Crippen LogP contribution >= 0.6 is 0 Å². The molecule has 7 heteroatoms. The van der Waals surface area contributed by atoms with Crippen LogP contribution < -0.4 is 5.73 Å². The van der Waals surface area contributed by atoms with Crippen molar-refractivity contribution in [3.63, 3.8) is 0 Å². The zero-order chi connectivity index (χ0) is 20.1. The lowest BCUT2D eigenvalue weighted by molar-refractivity contribution is -0.140. The number of fused-ring (bicyclic) bond motifs is 1. The van der Waals surface area contributed by atoms with Crippen molar-refractivity contribution in [1.82, 2.24) is 9.80 Å². The van der Waals surface area contributed by atoms with Gasteiger partial charge in [-0.1, -0.05) is 30.3 Å². The smallest absolute Gasteiger partial charge is 0.253 e. The summed E-state index contributed by atoms with van der Waals surface area (Å²) < 4.78 is 5.73. The van der Waals surface area contributed by atoms with Crippen molar-refractivity contribution in [3.8, 4) is 0 Å². The van der Waals surface area contributed by atoms with Crippen LogP contribution in [-0.4, -0.2) is 66.9 Å². The van der Waals surface area contributed by atoms with E-state index in [9.17, 15) is 14.4 Å². The Bertz CT molecular complexity index is 883. The van der Waals surface area contributed by atoms with Gasteiger partial charge in [-0.15, -0.1) is 0 Å². The largest absolute Gasteiger partial charge is 0.373 e. The van der Waals surface area contributed by atoms with Crippen molar-refractivity contribution in [2.75, 3.05) is 33.3 Å². The lowest BCUT2D eigenvalue weighted by atomic mass is 10.1. The van der Waals surface area contributed by atoms with Gasteiger partial charge in [-0.25, -0.2) is 0 Å². The monoisotopic (exact) mass is 383 g/mol. The Kier molecular flexibility index (Phi) is 6.26. The topological polar surface area (TPSA) is 92.9 Å². The zero-order valence-corrected chi connectivity index (χ0v) is 16.0. The highest BCUT2D eigenvalue weighted by Crippen LogP contribution is 2.17. The molecule has 3 amide bonds. The van der Waals surface area contributed by atoms with E-state index < -0.39 is 5.91 Å². The molecule has 148 valence electrons. The number of primary amides is 1. The van der Waals surface area contributed by atoms with Gasteiger partial charge in [0.05, 0.1) is 12.7 Å². The minimum absolute atomic E-state index is 0.0429. The lowest BCUT2D eigenvalue weighted by Crippen LogP contribution is -2.50. The number of morpholine rings is 1. The van der Waals surface area contributed by atoms with E-state index in [0.717, 1.165) is 10.8 Å². The molecule has 0 saturated carbocycles. The quantitative estimate of drug-likeness (QED) is 0.816. The molecule has 0 aromatic heterocycles. The Morgan fingerprint density at radius 1 is 1.14 bits per heavy atom. The maximum absolute atomic E-state index is 12.8. The number of ether oxygens (including phenoxy) is 1. The average molecular weight is 383 g/mol. The first kappa shape index (κ1) is 19.8. The molecule has 1 heterocycles. The van der Waals surface area contributed by atoms with Crippen molar-refractivity contribution < 1.29 is 19.1 Å². The van der Waals surface area contributed by atoms with Crippen LogP contribution in [0.3, 0.4) is 0 Å². The van der Waals surface area contributed by atoms with E-state index in [1.54, 1.807) is 16.8 Å². The van der Waals surface area contributed by atoms with Gasteiger partial charge in [-0.3, -0.25) is 14.4 Å². The Balaban J connectivity index is 1.59. The fourth-order valence-electron chi connectivity index (χ4n) is 3.38. The Hall–Kier alpha value is -2.93. The molecule has 3 rings (SSSR count). The molecule has 0 radical (unpaired) electrons. The molecular formula is C21H25N3O4. The minimum atomic E-state index is -0.487. The molecular weight excluding hydrogens is 358 g/mol. The van der Waals surface area contributed by atoms with Gasteiger partial charge in [-0.05, 0) is 22.9 Å². The number of nitrogens with zero attached hydrogens (tertiary/aromatic N) is 2. The third kappa shape index (κ3) is 4.86. The van der Waals surface area contributed by atoms with Crippen LogP contribution in [0, 0.1) is 0 Å². The molecule has 0 bridgehead atoms. The van der Waals surface area contributed by atoms with Crippen LogP contribution in [0.15, 0.2) is 42.5 Å². The van der Waals surface area contributed by atoms with Gasteiger partial charge in [0.2, 0.25) is 11.8 Å². The Labute approximate surface area is 164 Å². The summed E-state index contributed by atoms with van der Waals surface area (Å²) in [4.78, 5) is 39.1. The van der Waals surface area contributed by atoms with Gasteiger partial charge in [0, 0.05) is 45.1 Å². The summed E-state index contributed by atoms with van der Waals surface area (Å²) in [6, 6.07) is 13.5. The molecule has 2 aromatic rings. The Morgan fingerprint density at radius 3 is 2.64 bits per heavy atom. The van der Waals surface area contributed by atoms with E-state index in [4.69, 9.17) is 10.5 Å². The lowest BCUT2D eigenvalue weighted by Gasteiger charge is -2.35. The SMILES string of the molecule is CN(CC1CN(C(=O)CCC(N)=O)CCO1)C(=O)c1ccc2ccccc2c1. The maximum Gasteiger partial charge on any atom is 0.253 e. The van der Waals surface area contributed by atoms with Gasteiger partial charge < -0.3 is 20.3 Å². The van der Waals surface area contributed by atoms with Gasteiger partial charge >= 0.3 is 0 Å². The number of nitrogens with two attached hydrogens (primary N) is 1. The summed E-state index contributed by atoms with van der Waals surface area (Å²) >= 11 is 0. The van der Waals surface area contributed by atoms with Crippen LogP contribution in [0.5, 0.6) is 0 Å². The molecule has 1 saturated heterocycles. The molecule has 0 spiro atoms. The second-order valence-electron chi connectivity index (χ2n) is 7.05. The van der Waals surface area contributed by atoms with Crippen LogP contribution in [0.2, 0.25) is 0 Å². The number of carbonyl (C=O) groups excluding carboxylic acids is 3. The van der Waals surface area contributed by atoms with Crippen molar-refractivity contribution >= 4 is 28.5 Å². The number of benzene rings is 2. The fraction of sp³-hybridized carbons (Fsp3) is 0.381. The number of rotatable bonds is 6. The molecule has 1 unspecified atom stereocenters. The van der Waals surface area contributed by atoms with Crippen molar-refractivity contribution in [1.29, 1.82) is 0 Å². The third-order valence-corrected chi connectivity index (χ3v) is 4.90. The molecule has 7 nitrogen and oxygen atoms in total. The molecule has 2 N–H and O–H groups in total. The van der Waals surface area contributed by atoms with Crippen LogP contribution in [-0.2, 0) is 14.3 Å². The number of amides is 3. The summed E-state index contributed by atoms with van der Waals surface area (Å²) in [5.74, 6) is -0.694. The van der Waals surface area contributed by atoms with Crippen LogP contribution in [0.1, 0.15) is 23.2 Å². The summed E-state index contributed by atoms with van der Waals surface area (Å²) in [6.07, 6.45) is -0.115. The van der Waals surface area contributed by atoms with Crippen LogP contribution in [0.25, 0.3) is 10.8 Å². The first-order valence-electron chi connectivity index (χ1n) is 9.36. The van der Waals surface area contributed by atoms with E-state index in [2.05, 4.69) is 0 Å². The number of carbonyl (C=O) groups is 3.